The lowest BCUT2D eigenvalue weighted by molar-refractivity contribution is 0.802. The monoisotopic (exact) mass is 317 g/mol. The number of nitrogens with zero attached hydrogens (tertiary/aromatic N) is 4. The predicted octanol–water partition coefficient (Wildman–Crippen LogP) is 3.80. The Hall–Kier alpha value is -2.95. The van der Waals surface area contributed by atoms with Crippen molar-refractivity contribution < 1.29 is 0 Å². The highest BCUT2D eigenvalue weighted by molar-refractivity contribution is 5.83. The van der Waals surface area contributed by atoms with Crippen molar-refractivity contribution in [2.24, 2.45) is 0 Å². The van der Waals surface area contributed by atoms with Crippen LogP contribution in [0.4, 0.5) is 5.82 Å². The Kier molecular flexibility index (Phi) is 3.61. The van der Waals surface area contributed by atoms with E-state index >= 15 is 0 Å². The summed E-state index contributed by atoms with van der Waals surface area (Å²) in [4.78, 5) is 4.75. The van der Waals surface area contributed by atoms with Crippen molar-refractivity contribution in [1.82, 2.24) is 19.6 Å². The third-order valence-corrected chi connectivity index (χ3v) is 4.33. The van der Waals surface area contributed by atoms with E-state index in [2.05, 4.69) is 65.8 Å². The molecule has 0 saturated carbocycles. The van der Waals surface area contributed by atoms with E-state index in [1.807, 2.05) is 16.5 Å². The van der Waals surface area contributed by atoms with Crippen LogP contribution in [0.2, 0.25) is 0 Å². The number of hydrogen-bond donors (Lipinski definition) is 1. The van der Waals surface area contributed by atoms with Crippen LogP contribution >= 0.6 is 0 Å². The zero-order chi connectivity index (χ0) is 16.5. The largest absolute Gasteiger partial charge is 0.366 e. The maximum absolute atomic E-state index is 4.75. The first-order chi connectivity index (χ1) is 11.7. The number of hydrogen-bond acceptors (Lipinski definition) is 4. The quantitative estimate of drug-likeness (QED) is 0.622. The molecule has 0 aliphatic rings. The van der Waals surface area contributed by atoms with E-state index in [9.17, 15) is 0 Å². The van der Waals surface area contributed by atoms with Crippen LogP contribution in [0, 0.1) is 6.92 Å². The fraction of sp³-hybridized carbons (Fsp3) is 0.211. The molecule has 120 valence electrons. The van der Waals surface area contributed by atoms with Gasteiger partial charge in [0.25, 0.3) is 0 Å². The molecule has 1 N–H and O–H groups in total. The van der Waals surface area contributed by atoms with E-state index in [-0.39, 0.29) is 0 Å². The van der Waals surface area contributed by atoms with Gasteiger partial charge in [-0.25, -0.2) is 4.98 Å². The topological polar surface area (TPSA) is 55.1 Å². The van der Waals surface area contributed by atoms with Crippen molar-refractivity contribution in [2.45, 2.75) is 19.8 Å². The number of benzene rings is 2. The standard InChI is InChI=1S/C19H19N5/c1-13-8-9-16-17(10-13)24-12-21-23-19(24)18(22-16)20-11-14(2)15-6-4-3-5-7-15/h3-10,12,14H,11H2,1-2H3,(H,20,22). The van der Waals surface area contributed by atoms with Gasteiger partial charge in [-0.1, -0.05) is 43.3 Å². The van der Waals surface area contributed by atoms with Gasteiger partial charge >= 0.3 is 0 Å². The van der Waals surface area contributed by atoms with Crippen LogP contribution in [0.15, 0.2) is 54.9 Å². The maximum Gasteiger partial charge on any atom is 0.203 e. The van der Waals surface area contributed by atoms with Gasteiger partial charge in [0.1, 0.15) is 6.33 Å². The molecule has 0 spiro atoms. The van der Waals surface area contributed by atoms with Crippen molar-refractivity contribution in [3.05, 3.63) is 66.0 Å². The molecule has 0 aliphatic carbocycles. The Morgan fingerprint density at radius 2 is 1.96 bits per heavy atom. The molecule has 5 nitrogen and oxygen atoms in total. The second kappa shape index (κ2) is 5.92. The van der Waals surface area contributed by atoms with Crippen LogP contribution < -0.4 is 5.32 Å². The fourth-order valence-corrected chi connectivity index (χ4v) is 2.93. The Labute approximate surface area is 140 Å². The molecule has 0 bridgehead atoms. The van der Waals surface area contributed by atoms with Crippen LogP contribution in [0.3, 0.4) is 0 Å². The summed E-state index contributed by atoms with van der Waals surface area (Å²) in [7, 11) is 0. The summed E-state index contributed by atoms with van der Waals surface area (Å²) in [5, 5.41) is 11.7. The SMILES string of the molecule is Cc1ccc2nc(NCC(C)c3ccccc3)c3nncn3c2c1. The minimum absolute atomic E-state index is 0.379. The molecule has 1 atom stereocenters. The summed E-state index contributed by atoms with van der Waals surface area (Å²) in [6.45, 7) is 5.06. The summed E-state index contributed by atoms with van der Waals surface area (Å²) in [6.07, 6.45) is 1.74. The van der Waals surface area contributed by atoms with Crippen molar-refractivity contribution in [2.75, 3.05) is 11.9 Å². The van der Waals surface area contributed by atoms with Crippen LogP contribution in [0.5, 0.6) is 0 Å². The zero-order valence-electron chi connectivity index (χ0n) is 13.8. The molecule has 0 aliphatic heterocycles. The average Bonchev–Trinajstić information content (AvgIpc) is 3.10. The molecule has 24 heavy (non-hydrogen) atoms. The Morgan fingerprint density at radius 3 is 2.79 bits per heavy atom. The van der Waals surface area contributed by atoms with Gasteiger partial charge in [0.15, 0.2) is 5.82 Å². The van der Waals surface area contributed by atoms with Gasteiger partial charge in [-0.3, -0.25) is 4.40 Å². The van der Waals surface area contributed by atoms with Crippen molar-refractivity contribution >= 4 is 22.5 Å². The fourth-order valence-electron chi connectivity index (χ4n) is 2.93. The van der Waals surface area contributed by atoms with E-state index < -0.39 is 0 Å². The summed E-state index contributed by atoms with van der Waals surface area (Å²) in [5.74, 6) is 1.15. The first-order valence-corrected chi connectivity index (χ1v) is 8.11. The molecule has 1 unspecified atom stereocenters. The molecule has 5 heteroatoms. The Balaban J connectivity index is 1.68. The van der Waals surface area contributed by atoms with E-state index in [0.717, 1.165) is 29.0 Å². The minimum Gasteiger partial charge on any atom is -0.366 e. The second-order valence-corrected chi connectivity index (χ2v) is 6.17. The highest BCUT2D eigenvalue weighted by atomic mass is 15.3. The summed E-state index contributed by atoms with van der Waals surface area (Å²) in [5.41, 5.74) is 5.21. The molecule has 0 saturated heterocycles. The summed E-state index contributed by atoms with van der Waals surface area (Å²) < 4.78 is 1.99. The van der Waals surface area contributed by atoms with Crippen molar-refractivity contribution in [3.63, 3.8) is 0 Å². The molecular weight excluding hydrogens is 298 g/mol. The molecule has 2 aromatic carbocycles. The van der Waals surface area contributed by atoms with E-state index in [0.29, 0.717) is 5.92 Å². The number of aromatic nitrogens is 4. The summed E-state index contributed by atoms with van der Waals surface area (Å²) in [6, 6.07) is 16.7. The molecule has 2 heterocycles. The van der Waals surface area contributed by atoms with E-state index in [1.165, 1.54) is 11.1 Å². The third-order valence-electron chi connectivity index (χ3n) is 4.33. The number of fused-ring (bicyclic) bond motifs is 3. The van der Waals surface area contributed by atoms with Gasteiger partial charge < -0.3 is 5.32 Å². The number of aryl methyl sites for hydroxylation is 1. The lowest BCUT2D eigenvalue weighted by atomic mass is 10.0. The predicted molar refractivity (Wildman–Crippen MR) is 96.4 cm³/mol. The molecule has 0 radical (unpaired) electrons. The molecule has 2 aromatic heterocycles. The minimum atomic E-state index is 0.379. The van der Waals surface area contributed by atoms with Crippen LogP contribution in [-0.4, -0.2) is 26.1 Å². The zero-order valence-corrected chi connectivity index (χ0v) is 13.8. The highest BCUT2D eigenvalue weighted by Crippen LogP contribution is 2.22. The number of rotatable bonds is 4. The van der Waals surface area contributed by atoms with Gasteiger partial charge in [-0.15, -0.1) is 10.2 Å². The van der Waals surface area contributed by atoms with Crippen LogP contribution in [0.1, 0.15) is 24.0 Å². The van der Waals surface area contributed by atoms with Gasteiger partial charge in [-0.2, -0.15) is 0 Å². The Bertz CT molecular complexity index is 991. The summed E-state index contributed by atoms with van der Waals surface area (Å²) >= 11 is 0. The first-order valence-electron chi connectivity index (χ1n) is 8.11. The molecule has 4 rings (SSSR count). The van der Waals surface area contributed by atoms with Gasteiger partial charge in [0, 0.05) is 6.54 Å². The smallest absolute Gasteiger partial charge is 0.203 e. The average molecular weight is 317 g/mol. The molecular formula is C19H19N5. The third kappa shape index (κ3) is 2.58. The van der Waals surface area contributed by atoms with E-state index in [1.54, 1.807) is 6.33 Å². The normalized spacial score (nSPS) is 12.6. The number of nitrogens with one attached hydrogen (secondary N) is 1. The van der Waals surface area contributed by atoms with Crippen LogP contribution in [-0.2, 0) is 0 Å². The molecule has 0 amide bonds. The van der Waals surface area contributed by atoms with Crippen LogP contribution in [0.25, 0.3) is 16.7 Å². The maximum atomic E-state index is 4.75. The molecule has 4 aromatic rings. The lowest BCUT2D eigenvalue weighted by Crippen LogP contribution is -2.12. The number of anilines is 1. The van der Waals surface area contributed by atoms with Gasteiger partial charge in [-0.05, 0) is 36.1 Å². The molecule has 0 fully saturated rings. The lowest BCUT2D eigenvalue weighted by Gasteiger charge is -2.14. The van der Waals surface area contributed by atoms with Gasteiger partial charge in [0.2, 0.25) is 5.65 Å². The first kappa shape index (κ1) is 14.6. The van der Waals surface area contributed by atoms with E-state index in [4.69, 9.17) is 4.98 Å². The Morgan fingerprint density at radius 1 is 1.12 bits per heavy atom. The highest BCUT2D eigenvalue weighted by Gasteiger charge is 2.12. The van der Waals surface area contributed by atoms with Crippen molar-refractivity contribution in [1.29, 1.82) is 0 Å². The van der Waals surface area contributed by atoms with Crippen molar-refractivity contribution in [3.8, 4) is 0 Å². The van der Waals surface area contributed by atoms with Gasteiger partial charge in [0.05, 0.1) is 11.0 Å². The second-order valence-electron chi connectivity index (χ2n) is 6.17.